The molecule has 6 heteroatoms. The number of anilines is 1. The molecule has 0 aliphatic heterocycles. The Hall–Kier alpha value is -3.28. The van der Waals surface area contributed by atoms with Crippen molar-refractivity contribution in [1.82, 2.24) is 9.78 Å². The SMILES string of the molecule is COc1ccc(CCC(=O)Nc2cc(C)nn2-c2cc(C)cc(C)c2)cc1OC. The highest BCUT2D eigenvalue weighted by Crippen LogP contribution is 2.28. The maximum absolute atomic E-state index is 12.6. The summed E-state index contributed by atoms with van der Waals surface area (Å²) in [5, 5.41) is 7.54. The van der Waals surface area contributed by atoms with Crippen LogP contribution in [0.25, 0.3) is 5.69 Å². The highest BCUT2D eigenvalue weighted by Gasteiger charge is 2.12. The van der Waals surface area contributed by atoms with E-state index in [9.17, 15) is 4.79 Å². The summed E-state index contributed by atoms with van der Waals surface area (Å²) < 4.78 is 12.4. The van der Waals surface area contributed by atoms with Crippen LogP contribution in [0.3, 0.4) is 0 Å². The molecule has 0 saturated carbocycles. The Morgan fingerprint density at radius 2 is 1.66 bits per heavy atom. The Bertz CT molecular complexity index is 1000. The third kappa shape index (κ3) is 4.96. The molecule has 0 fully saturated rings. The van der Waals surface area contributed by atoms with E-state index < -0.39 is 0 Å². The number of hydrogen-bond donors (Lipinski definition) is 1. The van der Waals surface area contributed by atoms with Crippen LogP contribution in [-0.2, 0) is 11.2 Å². The van der Waals surface area contributed by atoms with E-state index in [1.807, 2.05) is 45.0 Å². The topological polar surface area (TPSA) is 65.4 Å². The van der Waals surface area contributed by atoms with Crippen molar-refractivity contribution < 1.29 is 14.3 Å². The number of benzene rings is 2. The number of carbonyl (C=O) groups is 1. The zero-order valence-electron chi connectivity index (χ0n) is 17.6. The van der Waals surface area contributed by atoms with Crippen molar-refractivity contribution in [2.75, 3.05) is 19.5 Å². The summed E-state index contributed by atoms with van der Waals surface area (Å²) in [6.07, 6.45) is 0.954. The lowest BCUT2D eigenvalue weighted by molar-refractivity contribution is -0.116. The molecule has 0 radical (unpaired) electrons. The molecule has 0 aliphatic rings. The first kappa shape index (κ1) is 20.5. The molecule has 6 nitrogen and oxygen atoms in total. The molecular weight excluding hydrogens is 366 g/mol. The van der Waals surface area contributed by atoms with E-state index >= 15 is 0 Å². The van der Waals surface area contributed by atoms with Crippen LogP contribution >= 0.6 is 0 Å². The Morgan fingerprint density at radius 1 is 0.966 bits per heavy atom. The van der Waals surface area contributed by atoms with Crippen LogP contribution in [0.1, 0.15) is 28.8 Å². The molecule has 3 rings (SSSR count). The fraction of sp³-hybridized carbons (Fsp3) is 0.304. The summed E-state index contributed by atoms with van der Waals surface area (Å²) in [6, 6.07) is 13.8. The molecule has 1 N–H and O–H groups in total. The second-order valence-corrected chi connectivity index (χ2v) is 7.17. The highest BCUT2D eigenvalue weighted by molar-refractivity contribution is 5.90. The summed E-state index contributed by atoms with van der Waals surface area (Å²) >= 11 is 0. The number of carbonyl (C=O) groups excluding carboxylic acids is 1. The zero-order chi connectivity index (χ0) is 21.0. The van der Waals surface area contributed by atoms with Crippen LogP contribution in [0.2, 0.25) is 0 Å². The first-order chi connectivity index (χ1) is 13.9. The van der Waals surface area contributed by atoms with E-state index in [-0.39, 0.29) is 5.91 Å². The molecule has 1 heterocycles. The molecular formula is C23H27N3O3. The van der Waals surface area contributed by atoms with Crippen molar-refractivity contribution in [2.24, 2.45) is 0 Å². The summed E-state index contributed by atoms with van der Waals surface area (Å²) in [5.74, 6) is 1.94. The van der Waals surface area contributed by atoms with Gasteiger partial charge in [0.2, 0.25) is 5.91 Å². The molecule has 152 valence electrons. The summed E-state index contributed by atoms with van der Waals surface area (Å²) in [4.78, 5) is 12.6. The Kier molecular flexibility index (Phi) is 6.22. The van der Waals surface area contributed by atoms with E-state index in [0.29, 0.717) is 30.2 Å². The first-order valence-corrected chi connectivity index (χ1v) is 9.55. The van der Waals surface area contributed by atoms with Gasteiger partial charge in [-0.3, -0.25) is 4.79 Å². The average Bonchev–Trinajstić information content (AvgIpc) is 3.05. The maximum atomic E-state index is 12.6. The van der Waals surface area contributed by atoms with Gasteiger partial charge in [-0.15, -0.1) is 0 Å². The van der Waals surface area contributed by atoms with Gasteiger partial charge in [-0.2, -0.15) is 5.10 Å². The predicted molar refractivity (Wildman–Crippen MR) is 114 cm³/mol. The van der Waals surface area contributed by atoms with E-state index in [1.165, 1.54) is 0 Å². The summed E-state index contributed by atoms with van der Waals surface area (Å²) in [5.41, 5.74) is 5.10. The number of nitrogens with zero attached hydrogens (tertiary/aromatic N) is 2. The fourth-order valence-electron chi connectivity index (χ4n) is 3.36. The minimum absolute atomic E-state index is 0.0645. The Labute approximate surface area is 171 Å². The number of hydrogen-bond acceptors (Lipinski definition) is 4. The minimum Gasteiger partial charge on any atom is -0.493 e. The van der Waals surface area contributed by atoms with Crippen molar-refractivity contribution in [3.63, 3.8) is 0 Å². The van der Waals surface area contributed by atoms with Crippen LogP contribution < -0.4 is 14.8 Å². The zero-order valence-corrected chi connectivity index (χ0v) is 17.6. The Morgan fingerprint density at radius 3 is 2.31 bits per heavy atom. The monoisotopic (exact) mass is 393 g/mol. The number of nitrogens with one attached hydrogen (secondary N) is 1. The fourth-order valence-corrected chi connectivity index (χ4v) is 3.36. The highest BCUT2D eigenvalue weighted by atomic mass is 16.5. The van der Waals surface area contributed by atoms with Crippen LogP contribution in [-0.4, -0.2) is 29.9 Å². The predicted octanol–water partition coefficient (Wildman–Crippen LogP) is 4.39. The van der Waals surface area contributed by atoms with Crippen LogP contribution in [0.5, 0.6) is 11.5 Å². The molecule has 0 aliphatic carbocycles. The molecule has 1 amide bonds. The summed E-state index contributed by atoms with van der Waals surface area (Å²) in [7, 11) is 3.21. The smallest absolute Gasteiger partial charge is 0.225 e. The molecule has 3 aromatic rings. The Balaban J connectivity index is 1.72. The minimum atomic E-state index is -0.0645. The number of rotatable bonds is 7. The van der Waals surface area contributed by atoms with E-state index in [1.54, 1.807) is 18.9 Å². The molecule has 0 spiro atoms. The van der Waals surface area contributed by atoms with Gasteiger partial charge >= 0.3 is 0 Å². The van der Waals surface area contributed by atoms with Crippen molar-refractivity contribution >= 4 is 11.7 Å². The van der Waals surface area contributed by atoms with Gasteiger partial charge in [0, 0.05) is 12.5 Å². The normalized spacial score (nSPS) is 10.7. The lowest BCUT2D eigenvalue weighted by Gasteiger charge is -2.11. The van der Waals surface area contributed by atoms with Crippen molar-refractivity contribution in [3.8, 4) is 17.2 Å². The quantitative estimate of drug-likeness (QED) is 0.647. The summed E-state index contributed by atoms with van der Waals surface area (Å²) in [6.45, 7) is 6.01. The lowest BCUT2D eigenvalue weighted by atomic mass is 10.1. The van der Waals surface area contributed by atoms with Gasteiger partial charge in [0.1, 0.15) is 5.82 Å². The van der Waals surface area contributed by atoms with Gasteiger partial charge in [0.05, 0.1) is 25.6 Å². The van der Waals surface area contributed by atoms with E-state index in [4.69, 9.17) is 9.47 Å². The average molecular weight is 393 g/mol. The van der Waals surface area contributed by atoms with Crippen molar-refractivity contribution in [3.05, 3.63) is 64.8 Å². The van der Waals surface area contributed by atoms with Crippen LogP contribution in [0, 0.1) is 20.8 Å². The van der Waals surface area contributed by atoms with Gasteiger partial charge in [-0.25, -0.2) is 4.68 Å². The number of aromatic nitrogens is 2. The molecule has 0 atom stereocenters. The van der Waals surface area contributed by atoms with Gasteiger partial charge in [-0.05, 0) is 68.1 Å². The lowest BCUT2D eigenvalue weighted by Crippen LogP contribution is -2.15. The van der Waals surface area contributed by atoms with Crippen LogP contribution in [0.4, 0.5) is 5.82 Å². The molecule has 0 bridgehead atoms. The first-order valence-electron chi connectivity index (χ1n) is 9.55. The standard InChI is InChI=1S/C23H27N3O3/c1-15-10-16(2)12-19(11-15)26-22(13-17(3)25-26)24-23(27)9-7-18-6-8-20(28-4)21(14-18)29-5/h6,8,10-14H,7,9H2,1-5H3,(H,24,27). The largest absolute Gasteiger partial charge is 0.493 e. The van der Waals surface area contributed by atoms with Gasteiger partial charge in [0.15, 0.2) is 11.5 Å². The third-order valence-corrected chi connectivity index (χ3v) is 4.64. The van der Waals surface area contributed by atoms with Crippen LogP contribution in [0.15, 0.2) is 42.5 Å². The number of aryl methyl sites for hydroxylation is 4. The molecule has 0 saturated heterocycles. The van der Waals surface area contributed by atoms with Gasteiger partial charge in [0.25, 0.3) is 0 Å². The second kappa shape index (κ2) is 8.82. The number of methoxy groups -OCH3 is 2. The molecule has 1 aromatic heterocycles. The second-order valence-electron chi connectivity index (χ2n) is 7.17. The number of ether oxygens (including phenoxy) is 2. The molecule has 29 heavy (non-hydrogen) atoms. The number of amides is 1. The van der Waals surface area contributed by atoms with E-state index in [0.717, 1.165) is 28.1 Å². The maximum Gasteiger partial charge on any atom is 0.225 e. The van der Waals surface area contributed by atoms with Gasteiger partial charge in [-0.1, -0.05) is 12.1 Å². The third-order valence-electron chi connectivity index (χ3n) is 4.64. The molecule has 0 unspecified atom stereocenters. The van der Waals surface area contributed by atoms with Crippen molar-refractivity contribution in [2.45, 2.75) is 33.6 Å². The van der Waals surface area contributed by atoms with Crippen molar-refractivity contribution in [1.29, 1.82) is 0 Å². The molecule has 2 aromatic carbocycles. The van der Waals surface area contributed by atoms with Gasteiger partial charge < -0.3 is 14.8 Å². The van der Waals surface area contributed by atoms with E-state index in [2.05, 4.69) is 28.6 Å².